The number of hydrogen-bond donors (Lipinski definition) is 2. The largest absolute Gasteiger partial charge is 0.507 e. The van der Waals surface area contributed by atoms with Crippen molar-refractivity contribution in [2.24, 2.45) is 0 Å². The van der Waals surface area contributed by atoms with Gasteiger partial charge in [0.1, 0.15) is 17.0 Å². The maximum absolute atomic E-state index is 12.0. The molecule has 2 aromatic carbocycles. The van der Waals surface area contributed by atoms with Crippen molar-refractivity contribution in [2.45, 2.75) is 20.8 Å². The highest BCUT2D eigenvalue weighted by Gasteiger charge is 2.19. The average molecular weight is 358 g/mol. The number of aryl methyl sites for hydroxylation is 3. The summed E-state index contributed by atoms with van der Waals surface area (Å²) in [6.07, 6.45) is 0. The minimum absolute atomic E-state index is 0.0255. The molecule has 0 radical (unpaired) electrons. The molecular weight excluding hydrogens is 340 g/mol. The van der Waals surface area contributed by atoms with Crippen LogP contribution < -0.4 is 5.32 Å². The van der Waals surface area contributed by atoms with Crippen molar-refractivity contribution in [3.63, 3.8) is 0 Å². The number of nitro benzene ring substituents is 1. The number of hydrogen-bond acceptors (Lipinski definition) is 6. The predicted molar refractivity (Wildman–Crippen MR) is 94.3 cm³/mol. The van der Waals surface area contributed by atoms with Crippen LogP contribution in [0.5, 0.6) is 5.75 Å². The van der Waals surface area contributed by atoms with Crippen molar-refractivity contribution in [1.29, 1.82) is 0 Å². The minimum Gasteiger partial charge on any atom is -0.507 e. The summed E-state index contributed by atoms with van der Waals surface area (Å²) < 4.78 is 4.87. The normalized spacial score (nSPS) is 10.3. The van der Waals surface area contributed by atoms with E-state index in [0.29, 0.717) is 0 Å². The van der Waals surface area contributed by atoms with Crippen LogP contribution in [0.2, 0.25) is 0 Å². The maximum atomic E-state index is 12.0. The van der Waals surface area contributed by atoms with E-state index >= 15 is 0 Å². The third-order valence-corrected chi connectivity index (χ3v) is 3.79. The Kier molecular flexibility index (Phi) is 5.56. The van der Waals surface area contributed by atoms with E-state index in [1.54, 1.807) is 26.8 Å². The molecule has 2 aromatic rings. The van der Waals surface area contributed by atoms with E-state index in [2.05, 4.69) is 5.32 Å². The molecule has 26 heavy (non-hydrogen) atoms. The quantitative estimate of drug-likeness (QED) is 0.482. The van der Waals surface area contributed by atoms with Crippen molar-refractivity contribution in [3.05, 3.63) is 62.7 Å². The summed E-state index contributed by atoms with van der Waals surface area (Å²) in [5, 5.41) is 23.2. The van der Waals surface area contributed by atoms with E-state index in [9.17, 15) is 24.8 Å². The number of nitrogens with zero attached hydrogens (tertiary/aromatic N) is 1. The summed E-state index contributed by atoms with van der Waals surface area (Å²) in [6, 6.07) is 7.26. The van der Waals surface area contributed by atoms with E-state index in [1.165, 1.54) is 24.3 Å². The van der Waals surface area contributed by atoms with E-state index in [-0.39, 0.29) is 22.7 Å². The first-order valence-electron chi connectivity index (χ1n) is 7.71. The Morgan fingerprint density at radius 1 is 1.15 bits per heavy atom. The summed E-state index contributed by atoms with van der Waals surface area (Å²) in [5.41, 5.74) is 1.95. The van der Waals surface area contributed by atoms with Crippen molar-refractivity contribution in [3.8, 4) is 5.75 Å². The molecule has 0 atom stereocenters. The number of carbonyl (C=O) groups excluding carboxylic acids is 2. The van der Waals surface area contributed by atoms with Gasteiger partial charge in [0.25, 0.3) is 11.6 Å². The smallest absolute Gasteiger partial charge is 0.342 e. The molecule has 0 aromatic heterocycles. The van der Waals surface area contributed by atoms with Gasteiger partial charge in [0.15, 0.2) is 6.61 Å². The lowest BCUT2D eigenvalue weighted by molar-refractivity contribution is -0.384. The molecule has 1 amide bonds. The second kappa shape index (κ2) is 7.64. The lowest BCUT2D eigenvalue weighted by atomic mass is 10.1. The predicted octanol–water partition coefficient (Wildman–Crippen LogP) is 3.02. The monoisotopic (exact) mass is 358 g/mol. The molecule has 0 aliphatic rings. The molecule has 0 saturated heterocycles. The van der Waals surface area contributed by atoms with Crippen molar-refractivity contribution < 1.29 is 24.4 Å². The number of amides is 1. The Morgan fingerprint density at radius 2 is 1.81 bits per heavy atom. The zero-order chi connectivity index (χ0) is 19.4. The molecule has 0 spiro atoms. The van der Waals surface area contributed by atoms with Crippen LogP contribution in [0.3, 0.4) is 0 Å². The first-order valence-corrected chi connectivity index (χ1v) is 7.71. The summed E-state index contributed by atoms with van der Waals surface area (Å²) in [7, 11) is 0. The van der Waals surface area contributed by atoms with Crippen LogP contribution in [-0.4, -0.2) is 28.5 Å². The van der Waals surface area contributed by atoms with Crippen LogP contribution in [0, 0.1) is 30.9 Å². The molecule has 0 saturated carbocycles. The lowest BCUT2D eigenvalue weighted by Crippen LogP contribution is -2.21. The SMILES string of the molecule is Cc1ccc(O)c(C(=O)OCC(=O)Nc2cc(C)c(C)cc2[N+](=O)[O-])c1. The van der Waals surface area contributed by atoms with Crippen LogP contribution in [-0.2, 0) is 9.53 Å². The topological polar surface area (TPSA) is 119 Å². The molecule has 2 rings (SSSR count). The van der Waals surface area contributed by atoms with Gasteiger partial charge in [0.05, 0.1) is 4.92 Å². The number of esters is 1. The first kappa shape index (κ1) is 18.9. The molecule has 8 nitrogen and oxygen atoms in total. The van der Waals surface area contributed by atoms with E-state index in [0.717, 1.165) is 16.7 Å². The Labute approximate surface area is 149 Å². The molecule has 0 aliphatic heterocycles. The van der Waals surface area contributed by atoms with Gasteiger partial charge in [-0.2, -0.15) is 0 Å². The van der Waals surface area contributed by atoms with Gasteiger partial charge in [-0.15, -0.1) is 0 Å². The molecule has 0 heterocycles. The molecule has 0 fully saturated rings. The van der Waals surface area contributed by atoms with E-state index in [4.69, 9.17) is 4.74 Å². The fraction of sp³-hybridized carbons (Fsp3) is 0.222. The standard InChI is InChI=1S/C18H18N2O6/c1-10-4-5-16(21)13(6-10)18(23)26-9-17(22)19-14-7-11(2)12(3)8-15(14)20(24)25/h4-8,21H,9H2,1-3H3,(H,19,22). The zero-order valence-electron chi connectivity index (χ0n) is 14.5. The fourth-order valence-electron chi connectivity index (χ4n) is 2.26. The van der Waals surface area contributed by atoms with Gasteiger partial charge in [0, 0.05) is 6.07 Å². The number of benzene rings is 2. The lowest BCUT2D eigenvalue weighted by Gasteiger charge is -2.10. The van der Waals surface area contributed by atoms with E-state index < -0.39 is 23.4 Å². The number of nitro groups is 1. The number of carbonyl (C=O) groups is 2. The average Bonchev–Trinajstić information content (AvgIpc) is 2.57. The Bertz CT molecular complexity index is 891. The molecule has 0 bridgehead atoms. The number of nitrogens with one attached hydrogen (secondary N) is 1. The third-order valence-electron chi connectivity index (χ3n) is 3.79. The summed E-state index contributed by atoms with van der Waals surface area (Å²) in [6.45, 7) is 4.58. The number of anilines is 1. The number of phenolic OH excluding ortho intramolecular Hbond substituents is 1. The molecule has 8 heteroatoms. The Morgan fingerprint density at radius 3 is 2.46 bits per heavy atom. The first-order chi connectivity index (χ1) is 12.2. The van der Waals surface area contributed by atoms with Crippen LogP contribution in [0.25, 0.3) is 0 Å². The van der Waals surface area contributed by atoms with Gasteiger partial charge in [-0.25, -0.2) is 4.79 Å². The van der Waals surface area contributed by atoms with Gasteiger partial charge in [-0.1, -0.05) is 11.6 Å². The molecule has 0 aliphatic carbocycles. The number of phenols is 1. The highest BCUT2D eigenvalue weighted by atomic mass is 16.6. The summed E-state index contributed by atoms with van der Waals surface area (Å²) >= 11 is 0. The van der Waals surface area contributed by atoms with Gasteiger partial charge < -0.3 is 15.2 Å². The minimum atomic E-state index is -0.865. The van der Waals surface area contributed by atoms with Crippen LogP contribution >= 0.6 is 0 Å². The van der Waals surface area contributed by atoms with Crippen molar-refractivity contribution in [1.82, 2.24) is 0 Å². The van der Waals surface area contributed by atoms with Gasteiger partial charge >= 0.3 is 5.97 Å². The van der Waals surface area contributed by atoms with Crippen LogP contribution in [0.1, 0.15) is 27.0 Å². The Hall–Kier alpha value is -3.42. The molecular formula is C18H18N2O6. The second-order valence-electron chi connectivity index (χ2n) is 5.86. The van der Waals surface area contributed by atoms with Crippen molar-refractivity contribution >= 4 is 23.3 Å². The number of ether oxygens (including phenoxy) is 1. The third kappa shape index (κ3) is 4.35. The van der Waals surface area contributed by atoms with Crippen LogP contribution in [0.15, 0.2) is 30.3 Å². The Balaban J connectivity index is 2.08. The van der Waals surface area contributed by atoms with E-state index in [1.807, 2.05) is 0 Å². The molecule has 0 unspecified atom stereocenters. The molecule has 2 N–H and O–H groups in total. The number of aromatic hydroxyl groups is 1. The zero-order valence-corrected chi connectivity index (χ0v) is 14.5. The second-order valence-corrected chi connectivity index (χ2v) is 5.86. The summed E-state index contributed by atoms with van der Waals surface area (Å²) in [4.78, 5) is 34.5. The maximum Gasteiger partial charge on any atom is 0.342 e. The highest BCUT2D eigenvalue weighted by molar-refractivity contribution is 5.97. The van der Waals surface area contributed by atoms with Gasteiger partial charge in [0.2, 0.25) is 0 Å². The molecule has 136 valence electrons. The summed E-state index contributed by atoms with van der Waals surface area (Å²) in [5.74, 6) is -1.85. The van der Waals surface area contributed by atoms with Crippen molar-refractivity contribution in [2.75, 3.05) is 11.9 Å². The number of rotatable bonds is 5. The van der Waals surface area contributed by atoms with Gasteiger partial charge in [-0.05, 0) is 50.1 Å². The van der Waals surface area contributed by atoms with Gasteiger partial charge in [-0.3, -0.25) is 14.9 Å². The fourth-order valence-corrected chi connectivity index (χ4v) is 2.26. The van der Waals surface area contributed by atoms with Crippen LogP contribution in [0.4, 0.5) is 11.4 Å². The highest BCUT2D eigenvalue weighted by Crippen LogP contribution is 2.28.